The molecular formula is C15H19N5O3S. The Labute approximate surface area is 140 Å². The third-order valence-corrected chi connectivity index (χ3v) is 5.27. The molecule has 1 N–H and O–H groups in total. The maximum absolute atomic E-state index is 12.6. The minimum absolute atomic E-state index is 0.0895. The second kappa shape index (κ2) is 6.31. The number of carbonyl (C=O) groups excluding carboxylic acids is 1. The molecule has 0 unspecified atom stereocenters. The highest BCUT2D eigenvalue weighted by Crippen LogP contribution is 2.30. The van der Waals surface area contributed by atoms with E-state index in [0.717, 1.165) is 24.8 Å². The van der Waals surface area contributed by atoms with Gasteiger partial charge in [0.05, 0.1) is 23.8 Å². The van der Waals surface area contributed by atoms with Crippen LogP contribution in [0.4, 0.5) is 0 Å². The van der Waals surface area contributed by atoms with Gasteiger partial charge in [-0.05, 0) is 19.8 Å². The Hall–Kier alpha value is -2.29. The maximum atomic E-state index is 12.6. The van der Waals surface area contributed by atoms with Gasteiger partial charge < -0.3 is 4.90 Å². The molecule has 0 radical (unpaired) electrons. The summed E-state index contributed by atoms with van der Waals surface area (Å²) < 4.78 is 23.7. The van der Waals surface area contributed by atoms with Crippen molar-refractivity contribution in [2.45, 2.75) is 30.6 Å². The third-order valence-electron chi connectivity index (χ3n) is 4.15. The molecule has 1 aliphatic heterocycles. The summed E-state index contributed by atoms with van der Waals surface area (Å²) in [5.74, 6) is -0.277. The van der Waals surface area contributed by atoms with Crippen molar-refractivity contribution in [3.05, 3.63) is 35.7 Å². The standard InChI is InChI=1S/C15H19N5O3S/c1-10-6-17-12(7-16-10)15(21)20-5-3-4-11(9-20)14-13(8-18-19-14)24(2,22)23/h6-8,11H,3-5,9H2,1-2H3,(H,18,19)/t11-/m0/s1. The van der Waals surface area contributed by atoms with Crippen LogP contribution in [-0.4, -0.2) is 58.7 Å². The molecule has 128 valence electrons. The van der Waals surface area contributed by atoms with Gasteiger partial charge in [-0.1, -0.05) is 0 Å². The van der Waals surface area contributed by atoms with E-state index in [2.05, 4.69) is 20.2 Å². The van der Waals surface area contributed by atoms with E-state index in [9.17, 15) is 13.2 Å². The van der Waals surface area contributed by atoms with Gasteiger partial charge in [-0.15, -0.1) is 0 Å². The number of rotatable bonds is 3. The van der Waals surface area contributed by atoms with Gasteiger partial charge in [0.1, 0.15) is 10.6 Å². The molecule has 0 saturated carbocycles. The number of nitrogens with zero attached hydrogens (tertiary/aromatic N) is 4. The highest BCUT2D eigenvalue weighted by atomic mass is 32.2. The lowest BCUT2D eigenvalue weighted by Gasteiger charge is -2.32. The second-order valence-electron chi connectivity index (χ2n) is 6.05. The second-order valence-corrected chi connectivity index (χ2v) is 8.04. The van der Waals surface area contributed by atoms with E-state index >= 15 is 0 Å². The average Bonchev–Trinajstić information content (AvgIpc) is 3.05. The van der Waals surface area contributed by atoms with Crippen molar-refractivity contribution in [3.8, 4) is 0 Å². The predicted octanol–water partition coefficient (Wildman–Crippen LogP) is 0.931. The molecule has 0 bridgehead atoms. The number of sulfone groups is 1. The molecule has 9 heteroatoms. The van der Waals surface area contributed by atoms with Gasteiger partial charge in [-0.3, -0.25) is 14.9 Å². The van der Waals surface area contributed by atoms with E-state index in [1.807, 2.05) is 6.92 Å². The maximum Gasteiger partial charge on any atom is 0.274 e. The largest absolute Gasteiger partial charge is 0.337 e. The smallest absolute Gasteiger partial charge is 0.274 e. The Morgan fingerprint density at radius 3 is 2.75 bits per heavy atom. The predicted molar refractivity (Wildman–Crippen MR) is 86.3 cm³/mol. The molecule has 1 aliphatic rings. The number of aromatic nitrogens is 4. The molecule has 2 aromatic rings. The minimum atomic E-state index is -3.35. The van der Waals surface area contributed by atoms with E-state index in [4.69, 9.17) is 0 Å². The Bertz CT molecular complexity index is 844. The highest BCUT2D eigenvalue weighted by molar-refractivity contribution is 7.90. The normalized spacial score (nSPS) is 18.6. The summed E-state index contributed by atoms with van der Waals surface area (Å²) in [6.07, 6.45) is 7.11. The summed E-state index contributed by atoms with van der Waals surface area (Å²) in [6.45, 7) is 2.86. The van der Waals surface area contributed by atoms with Crippen molar-refractivity contribution in [2.24, 2.45) is 0 Å². The molecule has 1 saturated heterocycles. The molecule has 2 aromatic heterocycles. The fourth-order valence-corrected chi connectivity index (χ4v) is 3.79. The topological polar surface area (TPSA) is 109 Å². The van der Waals surface area contributed by atoms with Crippen molar-refractivity contribution in [1.82, 2.24) is 25.1 Å². The molecule has 1 fully saturated rings. The first-order valence-corrected chi connectivity index (χ1v) is 9.56. The highest BCUT2D eigenvalue weighted by Gasteiger charge is 2.30. The van der Waals surface area contributed by atoms with Crippen molar-refractivity contribution in [2.75, 3.05) is 19.3 Å². The van der Waals surface area contributed by atoms with Crippen LogP contribution in [-0.2, 0) is 9.84 Å². The van der Waals surface area contributed by atoms with Crippen LogP contribution in [0.2, 0.25) is 0 Å². The van der Waals surface area contributed by atoms with Gasteiger partial charge in [0, 0.05) is 31.5 Å². The SMILES string of the molecule is Cc1cnc(C(=O)N2CCC[C@H](c3[nH]ncc3S(C)(=O)=O)C2)cn1. The van der Waals surface area contributed by atoms with Gasteiger partial charge in [0.2, 0.25) is 0 Å². The van der Waals surface area contributed by atoms with Crippen LogP contribution < -0.4 is 0 Å². The summed E-state index contributed by atoms with van der Waals surface area (Å²) in [4.78, 5) is 22.7. The van der Waals surface area contributed by atoms with Crippen LogP contribution >= 0.6 is 0 Å². The van der Waals surface area contributed by atoms with E-state index in [0.29, 0.717) is 24.5 Å². The molecule has 1 atom stereocenters. The molecule has 1 amide bonds. The summed E-state index contributed by atoms with van der Waals surface area (Å²) in [7, 11) is -3.35. The van der Waals surface area contributed by atoms with E-state index in [1.54, 1.807) is 11.1 Å². The van der Waals surface area contributed by atoms with Gasteiger partial charge in [0.25, 0.3) is 5.91 Å². The van der Waals surface area contributed by atoms with Crippen LogP contribution in [0.1, 0.15) is 40.6 Å². The summed E-state index contributed by atoms with van der Waals surface area (Å²) in [5.41, 5.74) is 1.62. The molecule has 0 aliphatic carbocycles. The number of amides is 1. The number of hydrogen-bond acceptors (Lipinski definition) is 6. The fraction of sp³-hybridized carbons (Fsp3) is 0.467. The van der Waals surface area contributed by atoms with Crippen LogP contribution in [0.5, 0.6) is 0 Å². The van der Waals surface area contributed by atoms with Gasteiger partial charge in [-0.25, -0.2) is 13.4 Å². The van der Waals surface area contributed by atoms with Crippen LogP contribution in [0.25, 0.3) is 0 Å². The van der Waals surface area contributed by atoms with E-state index < -0.39 is 9.84 Å². The molecule has 24 heavy (non-hydrogen) atoms. The Morgan fingerprint density at radius 1 is 1.29 bits per heavy atom. The molecule has 0 aromatic carbocycles. The number of nitrogens with one attached hydrogen (secondary N) is 1. The number of aromatic amines is 1. The summed E-state index contributed by atoms with van der Waals surface area (Å²) >= 11 is 0. The van der Waals surface area contributed by atoms with E-state index in [-0.39, 0.29) is 16.7 Å². The lowest BCUT2D eigenvalue weighted by Crippen LogP contribution is -2.39. The monoisotopic (exact) mass is 349 g/mol. The van der Waals surface area contributed by atoms with Crippen molar-refractivity contribution in [1.29, 1.82) is 0 Å². The third kappa shape index (κ3) is 3.30. The van der Waals surface area contributed by atoms with Gasteiger partial charge in [-0.2, -0.15) is 5.10 Å². The molecule has 0 spiro atoms. The van der Waals surface area contributed by atoms with Gasteiger partial charge >= 0.3 is 0 Å². The van der Waals surface area contributed by atoms with Crippen molar-refractivity contribution in [3.63, 3.8) is 0 Å². The Kier molecular flexibility index (Phi) is 4.35. The average molecular weight is 349 g/mol. The first kappa shape index (κ1) is 16.6. The number of likely N-dealkylation sites (tertiary alicyclic amines) is 1. The minimum Gasteiger partial charge on any atom is -0.337 e. The Balaban J connectivity index is 1.81. The lowest BCUT2D eigenvalue weighted by molar-refractivity contribution is 0.0698. The first-order valence-electron chi connectivity index (χ1n) is 7.67. The number of aryl methyl sites for hydroxylation is 1. The number of H-pyrrole nitrogens is 1. The van der Waals surface area contributed by atoms with E-state index in [1.165, 1.54) is 12.4 Å². The molecule has 8 nitrogen and oxygen atoms in total. The fourth-order valence-electron chi connectivity index (χ4n) is 2.94. The zero-order valence-electron chi connectivity index (χ0n) is 13.6. The van der Waals surface area contributed by atoms with Crippen LogP contribution in [0.3, 0.4) is 0 Å². The number of hydrogen-bond donors (Lipinski definition) is 1. The van der Waals surface area contributed by atoms with Crippen LogP contribution in [0.15, 0.2) is 23.5 Å². The first-order chi connectivity index (χ1) is 11.4. The zero-order chi connectivity index (χ0) is 17.3. The van der Waals surface area contributed by atoms with Gasteiger partial charge in [0.15, 0.2) is 9.84 Å². The zero-order valence-corrected chi connectivity index (χ0v) is 14.4. The van der Waals surface area contributed by atoms with Crippen molar-refractivity contribution < 1.29 is 13.2 Å². The lowest BCUT2D eigenvalue weighted by atomic mass is 9.94. The molecule has 3 rings (SSSR count). The van der Waals surface area contributed by atoms with Crippen molar-refractivity contribution >= 4 is 15.7 Å². The molecular weight excluding hydrogens is 330 g/mol. The van der Waals surface area contributed by atoms with Crippen LogP contribution in [0, 0.1) is 6.92 Å². The number of piperidine rings is 1. The quantitative estimate of drug-likeness (QED) is 0.883. The summed E-state index contributed by atoms with van der Waals surface area (Å²) in [6, 6.07) is 0. The molecule has 3 heterocycles. The Morgan fingerprint density at radius 2 is 2.08 bits per heavy atom. The summed E-state index contributed by atoms with van der Waals surface area (Å²) in [5, 5.41) is 6.67. The number of carbonyl (C=O) groups is 1.